The van der Waals surface area contributed by atoms with E-state index in [1.807, 2.05) is 35.7 Å². The van der Waals surface area contributed by atoms with Gasteiger partial charge in [0.25, 0.3) is 11.8 Å². The lowest BCUT2D eigenvalue weighted by atomic mass is 10.1. The van der Waals surface area contributed by atoms with Gasteiger partial charge in [0.1, 0.15) is 5.01 Å². The Morgan fingerprint density at radius 2 is 1.50 bits per heavy atom. The molecular formula is C19H14N2O2S. The maximum absolute atomic E-state index is 12.3. The summed E-state index contributed by atoms with van der Waals surface area (Å²) in [6.07, 6.45) is 0.564. The van der Waals surface area contributed by atoms with Crippen LogP contribution in [0.1, 0.15) is 26.4 Å². The van der Waals surface area contributed by atoms with E-state index in [0.717, 1.165) is 16.3 Å². The predicted octanol–water partition coefficient (Wildman–Crippen LogP) is 3.65. The second kappa shape index (κ2) is 6.02. The first-order chi connectivity index (χ1) is 11.7. The Morgan fingerprint density at radius 3 is 2.17 bits per heavy atom. The van der Waals surface area contributed by atoms with Crippen LogP contribution in [-0.4, -0.2) is 28.2 Å². The number of fused-ring (bicyclic) bond motifs is 1. The molecule has 24 heavy (non-hydrogen) atoms. The number of hydrogen-bond acceptors (Lipinski definition) is 4. The minimum absolute atomic E-state index is 0.214. The van der Waals surface area contributed by atoms with Crippen LogP contribution < -0.4 is 0 Å². The summed E-state index contributed by atoms with van der Waals surface area (Å²) in [5, 5.41) is 2.94. The molecule has 3 aromatic rings. The average molecular weight is 334 g/mol. The molecule has 0 radical (unpaired) electrons. The number of benzene rings is 2. The van der Waals surface area contributed by atoms with Gasteiger partial charge in [-0.2, -0.15) is 0 Å². The molecule has 0 unspecified atom stereocenters. The van der Waals surface area contributed by atoms with Gasteiger partial charge < -0.3 is 0 Å². The minimum atomic E-state index is -0.214. The number of imide groups is 1. The number of carbonyl (C=O) groups is 2. The highest BCUT2D eigenvalue weighted by Gasteiger charge is 2.34. The molecule has 1 aliphatic rings. The summed E-state index contributed by atoms with van der Waals surface area (Å²) in [4.78, 5) is 30.6. The van der Waals surface area contributed by atoms with Crippen LogP contribution in [0.4, 0.5) is 0 Å². The standard InChI is InChI=1S/C19H14N2O2S/c22-18-15-8-4-5-9-16(15)19(23)21(18)11-10-14-12-24-17(20-14)13-6-2-1-3-7-13/h1-9,12H,10-11H2. The SMILES string of the molecule is O=C1c2ccccc2C(=O)N1CCc1csc(-c2ccccc2)n1. The lowest BCUT2D eigenvalue weighted by Gasteiger charge is -2.12. The van der Waals surface area contributed by atoms with Crippen molar-refractivity contribution in [3.05, 3.63) is 76.8 Å². The number of aromatic nitrogens is 1. The van der Waals surface area contributed by atoms with E-state index in [1.54, 1.807) is 35.6 Å². The summed E-state index contributed by atoms with van der Waals surface area (Å²) >= 11 is 1.57. The second-order valence-corrected chi connectivity index (χ2v) is 6.43. The Hall–Kier alpha value is -2.79. The van der Waals surface area contributed by atoms with Crippen molar-refractivity contribution < 1.29 is 9.59 Å². The molecule has 0 saturated carbocycles. The van der Waals surface area contributed by atoms with Crippen LogP contribution in [0.3, 0.4) is 0 Å². The Labute approximate surface area is 143 Å². The monoisotopic (exact) mass is 334 g/mol. The lowest BCUT2D eigenvalue weighted by molar-refractivity contribution is 0.0656. The molecule has 0 aliphatic carbocycles. The second-order valence-electron chi connectivity index (χ2n) is 5.57. The highest BCUT2D eigenvalue weighted by atomic mass is 32.1. The summed E-state index contributed by atoms with van der Waals surface area (Å²) in [5.74, 6) is -0.428. The van der Waals surface area contributed by atoms with Gasteiger partial charge in [-0.05, 0) is 12.1 Å². The fraction of sp³-hybridized carbons (Fsp3) is 0.105. The van der Waals surface area contributed by atoms with E-state index in [1.165, 1.54) is 4.90 Å². The summed E-state index contributed by atoms with van der Waals surface area (Å²) in [5.41, 5.74) is 2.96. The molecule has 2 amide bonds. The van der Waals surface area contributed by atoms with Crippen LogP contribution in [0.25, 0.3) is 10.6 Å². The third-order valence-corrected chi connectivity index (χ3v) is 4.98. The molecule has 4 nitrogen and oxygen atoms in total. The molecule has 2 aromatic carbocycles. The van der Waals surface area contributed by atoms with Gasteiger partial charge in [0.05, 0.1) is 16.8 Å². The topological polar surface area (TPSA) is 50.3 Å². The van der Waals surface area contributed by atoms with Crippen molar-refractivity contribution in [1.82, 2.24) is 9.88 Å². The average Bonchev–Trinajstić information content (AvgIpc) is 3.19. The number of thiazole rings is 1. The number of hydrogen-bond donors (Lipinski definition) is 0. The zero-order valence-corrected chi connectivity index (χ0v) is 13.6. The Bertz CT molecular complexity index is 883. The van der Waals surface area contributed by atoms with Gasteiger partial charge in [0.2, 0.25) is 0 Å². The van der Waals surface area contributed by atoms with Crippen molar-refractivity contribution in [2.75, 3.05) is 6.54 Å². The van der Waals surface area contributed by atoms with Crippen molar-refractivity contribution in [3.63, 3.8) is 0 Å². The molecule has 1 aliphatic heterocycles. The molecule has 2 heterocycles. The van der Waals surface area contributed by atoms with Crippen LogP contribution in [0.5, 0.6) is 0 Å². The van der Waals surface area contributed by atoms with E-state index in [2.05, 4.69) is 4.98 Å². The number of rotatable bonds is 4. The Morgan fingerprint density at radius 1 is 0.875 bits per heavy atom. The van der Waals surface area contributed by atoms with Crippen molar-refractivity contribution in [2.24, 2.45) is 0 Å². The molecule has 0 atom stereocenters. The number of amides is 2. The van der Waals surface area contributed by atoms with Crippen molar-refractivity contribution >= 4 is 23.2 Å². The minimum Gasteiger partial charge on any atom is -0.274 e. The van der Waals surface area contributed by atoms with Gasteiger partial charge >= 0.3 is 0 Å². The van der Waals surface area contributed by atoms with Crippen molar-refractivity contribution in [3.8, 4) is 10.6 Å². The molecule has 4 rings (SSSR count). The highest BCUT2D eigenvalue weighted by Crippen LogP contribution is 2.25. The molecular weight excluding hydrogens is 320 g/mol. The molecule has 0 fully saturated rings. The molecule has 0 N–H and O–H groups in total. The van der Waals surface area contributed by atoms with Crippen molar-refractivity contribution in [2.45, 2.75) is 6.42 Å². The van der Waals surface area contributed by atoms with Gasteiger partial charge in [-0.15, -0.1) is 11.3 Å². The van der Waals surface area contributed by atoms with Crippen LogP contribution in [0.2, 0.25) is 0 Å². The maximum Gasteiger partial charge on any atom is 0.261 e. The van der Waals surface area contributed by atoms with Crippen LogP contribution in [0.15, 0.2) is 60.0 Å². The van der Waals surface area contributed by atoms with Gasteiger partial charge in [-0.25, -0.2) is 4.98 Å². The normalized spacial score (nSPS) is 13.4. The quantitative estimate of drug-likeness (QED) is 0.684. The first kappa shape index (κ1) is 14.8. The summed E-state index contributed by atoms with van der Waals surface area (Å²) in [6.45, 7) is 0.351. The predicted molar refractivity (Wildman–Crippen MR) is 93.1 cm³/mol. The highest BCUT2D eigenvalue weighted by molar-refractivity contribution is 7.13. The van der Waals surface area contributed by atoms with E-state index >= 15 is 0 Å². The van der Waals surface area contributed by atoms with E-state index in [9.17, 15) is 9.59 Å². The fourth-order valence-corrected chi connectivity index (χ4v) is 3.66. The third kappa shape index (κ3) is 2.53. The fourth-order valence-electron chi connectivity index (χ4n) is 2.80. The lowest BCUT2D eigenvalue weighted by Crippen LogP contribution is -2.31. The van der Waals surface area contributed by atoms with E-state index in [-0.39, 0.29) is 11.8 Å². The smallest absolute Gasteiger partial charge is 0.261 e. The van der Waals surface area contributed by atoms with E-state index < -0.39 is 0 Å². The van der Waals surface area contributed by atoms with Gasteiger partial charge in [0.15, 0.2) is 0 Å². The van der Waals surface area contributed by atoms with Gasteiger partial charge in [-0.3, -0.25) is 14.5 Å². The van der Waals surface area contributed by atoms with Crippen molar-refractivity contribution in [1.29, 1.82) is 0 Å². The molecule has 0 spiro atoms. The summed E-state index contributed by atoms with van der Waals surface area (Å²) in [7, 11) is 0. The molecule has 118 valence electrons. The molecule has 1 aromatic heterocycles. The van der Waals surface area contributed by atoms with Crippen LogP contribution >= 0.6 is 11.3 Å². The Kier molecular flexibility index (Phi) is 3.70. The number of nitrogens with zero attached hydrogens (tertiary/aromatic N) is 2. The summed E-state index contributed by atoms with van der Waals surface area (Å²) < 4.78 is 0. The first-order valence-corrected chi connectivity index (χ1v) is 8.57. The van der Waals surface area contributed by atoms with Crippen LogP contribution in [0, 0.1) is 0 Å². The molecule has 0 bridgehead atoms. The van der Waals surface area contributed by atoms with Crippen LogP contribution in [-0.2, 0) is 6.42 Å². The Balaban J connectivity index is 1.48. The first-order valence-electron chi connectivity index (χ1n) is 7.69. The third-order valence-electron chi connectivity index (χ3n) is 4.04. The summed E-state index contributed by atoms with van der Waals surface area (Å²) in [6, 6.07) is 16.9. The van der Waals surface area contributed by atoms with Gasteiger partial charge in [0, 0.05) is 23.9 Å². The molecule has 5 heteroatoms. The number of carbonyl (C=O) groups excluding carboxylic acids is 2. The zero-order valence-electron chi connectivity index (χ0n) is 12.8. The molecule has 0 saturated heterocycles. The largest absolute Gasteiger partial charge is 0.274 e. The van der Waals surface area contributed by atoms with Gasteiger partial charge in [-0.1, -0.05) is 42.5 Å². The maximum atomic E-state index is 12.3. The van der Waals surface area contributed by atoms with E-state index in [0.29, 0.717) is 24.1 Å². The zero-order chi connectivity index (χ0) is 16.5. The van der Waals surface area contributed by atoms with E-state index in [4.69, 9.17) is 0 Å².